The molecule has 1 heteroatoms. The molecule has 0 heterocycles. The molecular weight excluding hydrogens is 410 g/mol. The van der Waals surface area contributed by atoms with Gasteiger partial charge in [-0.3, -0.25) is 0 Å². The van der Waals surface area contributed by atoms with Crippen molar-refractivity contribution in [3.8, 4) is 33.4 Å². The Labute approximate surface area is 201 Å². The van der Waals surface area contributed by atoms with Crippen LogP contribution in [0.1, 0.15) is 25.0 Å². The Hall–Kier alpha value is -4.10. The van der Waals surface area contributed by atoms with E-state index in [1.54, 1.807) is 0 Å². The van der Waals surface area contributed by atoms with E-state index in [0.29, 0.717) is 0 Å². The number of nitrogens with one attached hydrogen (secondary N) is 1. The molecule has 6 rings (SSSR count). The van der Waals surface area contributed by atoms with Crippen molar-refractivity contribution >= 4 is 11.4 Å². The van der Waals surface area contributed by atoms with Crippen LogP contribution in [-0.4, -0.2) is 0 Å². The zero-order valence-electron chi connectivity index (χ0n) is 19.5. The molecule has 1 aliphatic carbocycles. The molecule has 0 unspecified atom stereocenters. The number of para-hydroxylation sites is 1. The molecule has 0 amide bonds. The highest BCUT2D eigenvalue weighted by Gasteiger charge is 2.36. The van der Waals surface area contributed by atoms with Crippen molar-refractivity contribution in [2.24, 2.45) is 0 Å². The summed E-state index contributed by atoms with van der Waals surface area (Å²) in [5.41, 5.74) is 12.5. The molecule has 0 bridgehead atoms. The van der Waals surface area contributed by atoms with E-state index in [9.17, 15) is 0 Å². The van der Waals surface area contributed by atoms with Crippen molar-refractivity contribution in [2.45, 2.75) is 19.3 Å². The topological polar surface area (TPSA) is 12.0 Å². The van der Waals surface area contributed by atoms with Gasteiger partial charge in [0.2, 0.25) is 0 Å². The van der Waals surface area contributed by atoms with E-state index in [0.717, 1.165) is 11.4 Å². The fraction of sp³-hybridized carbons (Fsp3) is 0.0909. The lowest BCUT2D eigenvalue weighted by Crippen LogP contribution is -2.15. The minimum Gasteiger partial charge on any atom is -0.355 e. The summed E-state index contributed by atoms with van der Waals surface area (Å²) in [6, 6.07) is 43.4. The van der Waals surface area contributed by atoms with Crippen LogP contribution in [-0.2, 0) is 5.41 Å². The Balaban J connectivity index is 1.55. The van der Waals surface area contributed by atoms with E-state index in [1.807, 2.05) is 0 Å². The zero-order chi connectivity index (χ0) is 23.1. The molecule has 0 aliphatic heterocycles. The third-order valence-corrected chi connectivity index (χ3v) is 7.09. The molecule has 0 spiro atoms. The van der Waals surface area contributed by atoms with Gasteiger partial charge < -0.3 is 5.32 Å². The summed E-state index contributed by atoms with van der Waals surface area (Å²) in [6.07, 6.45) is 0. The van der Waals surface area contributed by atoms with E-state index in [2.05, 4.69) is 140 Å². The third kappa shape index (κ3) is 3.33. The van der Waals surface area contributed by atoms with Gasteiger partial charge in [-0.1, -0.05) is 117 Å². The maximum Gasteiger partial charge on any atom is 0.0467 e. The van der Waals surface area contributed by atoms with E-state index < -0.39 is 0 Å². The number of anilines is 2. The largest absolute Gasteiger partial charge is 0.355 e. The molecule has 5 aromatic carbocycles. The number of benzene rings is 5. The van der Waals surface area contributed by atoms with Crippen molar-refractivity contribution in [3.63, 3.8) is 0 Å². The summed E-state index contributed by atoms with van der Waals surface area (Å²) in [5.74, 6) is 0. The van der Waals surface area contributed by atoms with Crippen LogP contribution in [0.5, 0.6) is 0 Å². The molecule has 1 N–H and O–H groups in total. The summed E-state index contributed by atoms with van der Waals surface area (Å²) in [5, 5.41) is 3.83. The van der Waals surface area contributed by atoms with E-state index in [4.69, 9.17) is 0 Å². The lowest BCUT2D eigenvalue weighted by atomic mass is 9.81. The molecule has 5 aromatic rings. The highest BCUT2D eigenvalue weighted by molar-refractivity contribution is 5.93. The maximum atomic E-state index is 3.83. The lowest BCUT2D eigenvalue weighted by molar-refractivity contribution is 0.660. The predicted octanol–water partition coefficient (Wildman–Crippen LogP) is 9.07. The minimum absolute atomic E-state index is 0.0451. The van der Waals surface area contributed by atoms with Gasteiger partial charge in [0.25, 0.3) is 0 Å². The van der Waals surface area contributed by atoms with Crippen LogP contribution < -0.4 is 5.32 Å². The van der Waals surface area contributed by atoms with Crippen LogP contribution in [0.15, 0.2) is 121 Å². The van der Waals surface area contributed by atoms with Gasteiger partial charge in [-0.2, -0.15) is 0 Å². The molecule has 0 atom stereocenters. The fourth-order valence-corrected chi connectivity index (χ4v) is 5.31. The molecule has 0 fully saturated rings. The summed E-state index contributed by atoms with van der Waals surface area (Å²) in [7, 11) is 0. The second kappa shape index (κ2) is 8.04. The first-order chi connectivity index (χ1) is 16.6. The van der Waals surface area contributed by atoms with E-state index >= 15 is 0 Å². The number of fused-ring (bicyclic) bond motifs is 3. The molecule has 1 aliphatic rings. The Morgan fingerprint density at radius 2 is 1.00 bits per heavy atom. The van der Waals surface area contributed by atoms with Crippen molar-refractivity contribution in [1.29, 1.82) is 0 Å². The van der Waals surface area contributed by atoms with Gasteiger partial charge in [0, 0.05) is 27.9 Å². The zero-order valence-corrected chi connectivity index (χ0v) is 19.5. The van der Waals surface area contributed by atoms with Gasteiger partial charge >= 0.3 is 0 Å². The van der Waals surface area contributed by atoms with Gasteiger partial charge in [-0.25, -0.2) is 0 Å². The first kappa shape index (κ1) is 20.5. The van der Waals surface area contributed by atoms with Crippen molar-refractivity contribution in [1.82, 2.24) is 0 Å². The van der Waals surface area contributed by atoms with Crippen LogP contribution in [0.2, 0.25) is 0 Å². The standard InChI is InChI=1S/C33H27N/c1-33(2)29-19-11-9-18-26(29)28-21-27(24-15-7-4-8-16-24)32(22-30(28)33)34-31-20-12-10-17-25(31)23-13-5-3-6-14-23/h3-22,34H,1-2H3. The fourth-order valence-electron chi connectivity index (χ4n) is 5.31. The van der Waals surface area contributed by atoms with Crippen LogP contribution in [0.25, 0.3) is 33.4 Å². The highest BCUT2D eigenvalue weighted by atomic mass is 14.9. The molecule has 164 valence electrons. The minimum atomic E-state index is -0.0451. The second-order valence-electron chi connectivity index (χ2n) is 9.52. The van der Waals surface area contributed by atoms with Gasteiger partial charge in [0.05, 0.1) is 0 Å². The Kier molecular flexibility index (Phi) is 4.85. The molecule has 1 nitrogen and oxygen atoms in total. The molecule has 0 saturated carbocycles. The SMILES string of the molecule is CC1(C)c2ccccc2-c2cc(-c3ccccc3)c(Nc3ccccc3-c3ccccc3)cc21. The van der Waals surface area contributed by atoms with Crippen molar-refractivity contribution < 1.29 is 0 Å². The van der Waals surface area contributed by atoms with Crippen molar-refractivity contribution in [2.75, 3.05) is 5.32 Å². The van der Waals surface area contributed by atoms with Gasteiger partial charge in [-0.05, 0) is 51.6 Å². The Bertz CT molecular complexity index is 1480. The molecular formula is C33H27N. The highest BCUT2D eigenvalue weighted by Crippen LogP contribution is 2.51. The van der Waals surface area contributed by atoms with Crippen LogP contribution >= 0.6 is 0 Å². The monoisotopic (exact) mass is 437 g/mol. The Morgan fingerprint density at radius 3 is 1.71 bits per heavy atom. The predicted molar refractivity (Wildman–Crippen MR) is 145 cm³/mol. The third-order valence-electron chi connectivity index (χ3n) is 7.09. The molecule has 0 saturated heterocycles. The molecule has 34 heavy (non-hydrogen) atoms. The van der Waals surface area contributed by atoms with Crippen LogP contribution in [0, 0.1) is 0 Å². The number of rotatable bonds is 4. The summed E-state index contributed by atoms with van der Waals surface area (Å²) in [4.78, 5) is 0. The maximum absolute atomic E-state index is 3.83. The molecule has 0 aromatic heterocycles. The van der Waals surface area contributed by atoms with E-state index in [-0.39, 0.29) is 5.41 Å². The van der Waals surface area contributed by atoms with Crippen LogP contribution in [0.3, 0.4) is 0 Å². The lowest BCUT2D eigenvalue weighted by Gasteiger charge is -2.24. The Morgan fingerprint density at radius 1 is 0.441 bits per heavy atom. The van der Waals surface area contributed by atoms with Gasteiger partial charge in [0.15, 0.2) is 0 Å². The van der Waals surface area contributed by atoms with Gasteiger partial charge in [0.1, 0.15) is 0 Å². The van der Waals surface area contributed by atoms with Gasteiger partial charge in [-0.15, -0.1) is 0 Å². The van der Waals surface area contributed by atoms with Crippen LogP contribution in [0.4, 0.5) is 11.4 Å². The first-order valence-corrected chi connectivity index (χ1v) is 11.9. The average molecular weight is 438 g/mol. The quantitative estimate of drug-likeness (QED) is 0.296. The number of hydrogen-bond acceptors (Lipinski definition) is 1. The average Bonchev–Trinajstić information content (AvgIpc) is 3.11. The summed E-state index contributed by atoms with van der Waals surface area (Å²) < 4.78 is 0. The summed E-state index contributed by atoms with van der Waals surface area (Å²) in [6.45, 7) is 4.67. The second-order valence-corrected chi connectivity index (χ2v) is 9.52. The first-order valence-electron chi connectivity index (χ1n) is 11.9. The normalized spacial score (nSPS) is 13.2. The smallest absolute Gasteiger partial charge is 0.0467 e. The number of hydrogen-bond donors (Lipinski definition) is 1. The van der Waals surface area contributed by atoms with E-state index in [1.165, 1.54) is 44.5 Å². The summed E-state index contributed by atoms with van der Waals surface area (Å²) >= 11 is 0. The van der Waals surface area contributed by atoms with Crippen molar-refractivity contribution in [3.05, 3.63) is 132 Å². The molecule has 0 radical (unpaired) electrons.